The van der Waals surface area contributed by atoms with Crippen molar-refractivity contribution in [3.63, 3.8) is 0 Å². The van der Waals surface area contributed by atoms with E-state index in [1.165, 1.54) is 12.1 Å². The molecule has 32 heavy (non-hydrogen) atoms. The van der Waals surface area contributed by atoms with E-state index < -0.39 is 30.6 Å². The summed E-state index contributed by atoms with van der Waals surface area (Å²) in [7, 11) is -3.98. The highest BCUT2D eigenvalue weighted by molar-refractivity contribution is 7.42. The normalized spacial score (nSPS) is 18.2. The van der Waals surface area contributed by atoms with Crippen molar-refractivity contribution in [2.24, 2.45) is 0 Å². The highest BCUT2D eigenvalue weighted by Crippen LogP contribution is 2.53. The SMILES string of the molecule is C#CC(C(=O)O)([PH](=O)O)C(C)(O)c1c(C(C)C)nc2c(c1-c1ccc(F)cc1)CCCC2. The van der Waals surface area contributed by atoms with Gasteiger partial charge in [0.25, 0.3) is 0 Å². The molecular formula is C24H27FNO5P. The molecule has 170 valence electrons. The van der Waals surface area contributed by atoms with Crippen molar-refractivity contribution in [2.45, 2.75) is 63.1 Å². The van der Waals surface area contributed by atoms with Gasteiger partial charge in [-0.25, -0.2) is 9.18 Å². The Morgan fingerprint density at radius 2 is 1.84 bits per heavy atom. The van der Waals surface area contributed by atoms with Crippen LogP contribution < -0.4 is 0 Å². The number of pyridine rings is 1. The maximum atomic E-state index is 13.7. The van der Waals surface area contributed by atoms with Crippen LogP contribution in [0, 0.1) is 18.2 Å². The van der Waals surface area contributed by atoms with E-state index in [-0.39, 0.29) is 11.5 Å². The molecule has 8 heteroatoms. The zero-order valence-corrected chi connectivity index (χ0v) is 19.3. The number of nitrogens with zero attached hydrogens (tertiary/aromatic N) is 1. The lowest BCUT2D eigenvalue weighted by atomic mass is 9.73. The number of hydrogen-bond acceptors (Lipinski definition) is 4. The predicted octanol–water partition coefficient (Wildman–Crippen LogP) is 4.02. The number of aromatic nitrogens is 1. The van der Waals surface area contributed by atoms with Gasteiger partial charge in [0.05, 0.1) is 0 Å². The molecule has 2 aromatic rings. The number of benzene rings is 1. The molecular weight excluding hydrogens is 432 g/mol. The summed E-state index contributed by atoms with van der Waals surface area (Å²) in [6, 6.07) is 5.64. The molecule has 0 bridgehead atoms. The number of carboxylic acids is 1. The molecule has 1 aromatic heterocycles. The summed E-state index contributed by atoms with van der Waals surface area (Å²) < 4.78 is 26.1. The Balaban J connectivity index is 2.53. The molecule has 0 amide bonds. The van der Waals surface area contributed by atoms with Gasteiger partial charge in [0.1, 0.15) is 11.4 Å². The maximum absolute atomic E-state index is 13.7. The Kier molecular flexibility index (Phi) is 6.62. The van der Waals surface area contributed by atoms with Crippen molar-refractivity contribution >= 4 is 14.0 Å². The second kappa shape index (κ2) is 8.78. The van der Waals surface area contributed by atoms with E-state index >= 15 is 0 Å². The summed E-state index contributed by atoms with van der Waals surface area (Å²) in [5.41, 5.74) is 0.770. The van der Waals surface area contributed by atoms with Crippen LogP contribution in [-0.2, 0) is 27.8 Å². The van der Waals surface area contributed by atoms with Gasteiger partial charge < -0.3 is 15.1 Å². The van der Waals surface area contributed by atoms with Crippen molar-refractivity contribution in [3.8, 4) is 23.5 Å². The fraction of sp³-hybridized carbons (Fsp3) is 0.417. The van der Waals surface area contributed by atoms with Crippen LogP contribution in [-0.4, -0.2) is 31.2 Å². The average molecular weight is 459 g/mol. The van der Waals surface area contributed by atoms with Crippen LogP contribution in [0.2, 0.25) is 0 Å². The first-order valence-corrected chi connectivity index (χ1v) is 11.8. The molecule has 3 unspecified atom stereocenters. The van der Waals surface area contributed by atoms with Crippen LogP contribution in [0.3, 0.4) is 0 Å². The van der Waals surface area contributed by atoms with E-state index in [0.29, 0.717) is 29.7 Å². The van der Waals surface area contributed by atoms with Gasteiger partial charge >= 0.3 is 5.97 Å². The smallest absolute Gasteiger partial charge is 0.335 e. The van der Waals surface area contributed by atoms with Crippen molar-refractivity contribution in [3.05, 3.63) is 52.6 Å². The van der Waals surface area contributed by atoms with Gasteiger partial charge in [0.15, 0.2) is 0 Å². The molecule has 0 saturated heterocycles. The van der Waals surface area contributed by atoms with E-state index in [0.717, 1.165) is 31.0 Å². The summed E-state index contributed by atoms with van der Waals surface area (Å²) in [6.07, 6.45) is 8.64. The minimum atomic E-state index is -3.98. The zero-order valence-electron chi connectivity index (χ0n) is 18.3. The Morgan fingerprint density at radius 3 is 2.34 bits per heavy atom. The largest absolute Gasteiger partial charge is 0.480 e. The number of aryl methyl sites for hydroxylation is 1. The number of terminal acetylenes is 1. The predicted molar refractivity (Wildman–Crippen MR) is 120 cm³/mol. The third-order valence-electron chi connectivity index (χ3n) is 6.26. The first-order chi connectivity index (χ1) is 15.0. The topological polar surface area (TPSA) is 108 Å². The number of halogens is 1. The van der Waals surface area contributed by atoms with E-state index in [1.807, 2.05) is 19.8 Å². The molecule has 0 radical (unpaired) electrons. The zero-order chi connectivity index (χ0) is 23.8. The Hall–Kier alpha value is -2.52. The molecule has 0 spiro atoms. The highest BCUT2D eigenvalue weighted by atomic mass is 31.1. The fourth-order valence-electron chi connectivity index (χ4n) is 4.57. The minimum absolute atomic E-state index is 0.104. The number of carbonyl (C=O) groups is 1. The second-order valence-electron chi connectivity index (χ2n) is 8.62. The summed E-state index contributed by atoms with van der Waals surface area (Å²) >= 11 is 0. The van der Waals surface area contributed by atoms with Gasteiger partial charge in [-0.2, -0.15) is 0 Å². The molecule has 3 rings (SSSR count). The summed E-state index contributed by atoms with van der Waals surface area (Å²) in [5, 5.41) is 19.0. The lowest BCUT2D eigenvalue weighted by Gasteiger charge is -2.40. The molecule has 3 N–H and O–H groups in total. The lowest BCUT2D eigenvalue weighted by molar-refractivity contribution is -0.145. The number of carboxylic acid groups (broad SMARTS) is 1. The Labute approximate surface area is 187 Å². The van der Waals surface area contributed by atoms with Gasteiger partial charge in [-0.1, -0.05) is 31.9 Å². The van der Waals surface area contributed by atoms with E-state index in [4.69, 9.17) is 11.4 Å². The van der Waals surface area contributed by atoms with Crippen LogP contribution in [0.5, 0.6) is 0 Å². The molecule has 0 aliphatic heterocycles. The third kappa shape index (κ3) is 3.67. The van der Waals surface area contributed by atoms with Crippen LogP contribution in [0.4, 0.5) is 4.39 Å². The van der Waals surface area contributed by atoms with Crippen LogP contribution in [0.25, 0.3) is 11.1 Å². The number of hydrogen-bond donors (Lipinski definition) is 3. The molecule has 1 heterocycles. The first kappa shape index (κ1) is 24.1. The first-order valence-electron chi connectivity index (χ1n) is 10.5. The van der Waals surface area contributed by atoms with Gasteiger partial charge in [-0.3, -0.25) is 9.55 Å². The van der Waals surface area contributed by atoms with Crippen molar-refractivity contribution in [2.75, 3.05) is 0 Å². The van der Waals surface area contributed by atoms with E-state index in [1.54, 1.807) is 12.1 Å². The standard InChI is InChI=1S/C24H27FNO5P/c1-5-24(22(27)28,32(30)31)23(4,29)20-19(15-10-12-16(25)13-11-15)17-8-6-7-9-18(17)26-21(20)14(2)3/h1,10-14,29,32H,6-9H2,2-4H3,(H,27,28)(H,30,31). The number of fused-ring (bicyclic) bond motifs is 1. The molecule has 1 aliphatic rings. The monoisotopic (exact) mass is 459 g/mol. The highest BCUT2D eigenvalue weighted by Gasteiger charge is 2.60. The van der Waals surface area contributed by atoms with E-state index in [9.17, 15) is 28.9 Å². The van der Waals surface area contributed by atoms with Crippen LogP contribution in [0.15, 0.2) is 24.3 Å². The molecule has 3 atom stereocenters. The Morgan fingerprint density at radius 1 is 1.25 bits per heavy atom. The van der Waals surface area contributed by atoms with Crippen molar-refractivity contribution in [1.29, 1.82) is 0 Å². The fourth-order valence-corrected chi connectivity index (χ4v) is 5.42. The van der Waals surface area contributed by atoms with Crippen molar-refractivity contribution < 1.29 is 28.9 Å². The number of rotatable bonds is 6. The Bertz CT molecular complexity index is 1100. The van der Waals surface area contributed by atoms with Crippen LogP contribution in [0.1, 0.15) is 62.0 Å². The average Bonchev–Trinajstić information content (AvgIpc) is 2.73. The number of aliphatic hydroxyl groups is 1. The molecule has 6 nitrogen and oxygen atoms in total. The maximum Gasteiger partial charge on any atom is 0.335 e. The van der Waals surface area contributed by atoms with Gasteiger partial charge in [0, 0.05) is 17.0 Å². The minimum Gasteiger partial charge on any atom is -0.480 e. The molecule has 1 aromatic carbocycles. The van der Waals surface area contributed by atoms with Gasteiger partial charge in [-0.05, 0) is 67.3 Å². The van der Waals surface area contributed by atoms with Gasteiger partial charge in [0.2, 0.25) is 13.2 Å². The van der Waals surface area contributed by atoms with Crippen molar-refractivity contribution in [1.82, 2.24) is 4.98 Å². The van der Waals surface area contributed by atoms with Crippen LogP contribution >= 0.6 is 8.03 Å². The van der Waals surface area contributed by atoms with E-state index in [2.05, 4.69) is 0 Å². The second-order valence-corrected chi connectivity index (χ2v) is 9.98. The lowest BCUT2D eigenvalue weighted by Crippen LogP contribution is -2.53. The van der Waals surface area contributed by atoms with Gasteiger partial charge in [-0.15, -0.1) is 6.42 Å². The summed E-state index contributed by atoms with van der Waals surface area (Å²) in [6.45, 7) is 4.84. The third-order valence-corrected chi connectivity index (χ3v) is 7.74. The molecule has 1 aliphatic carbocycles. The summed E-state index contributed by atoms with van der Waals surface area (Å²) in [4.78, 5) is 27.1. The molecule has 0 fully saturated rings. The summed E-state index contributed by atoms with van der Waals surface area (Å²) in [5.74, 6) is -0.539. The number of aliphatic carboxylic acids is 1. The molecule has 0 saturated carbocycles. The quantitative estimate of drug-likeness (QED) is 0.445.